The predicted octanol–water partition coefficient (Wildman–Crippen LogP) is 1.11. The molecule has 1 aromatic rings. The zero-order valence-corrected chi connectivity index (χ0v) is 11.9. The minimum Gasteiger partial charge on any atom is -0.383 e. The van der Waals surface area contributed by atoms with Gasteiger partial charge in [-0.05, 0) is 24.9 Å². The van der Waals surface area contributed by atoms with Gasteiger partial charge in [0.2, 0.25) is 0 Å². The summed E-state index contributed by atoms with van der Waals surface area (Å²) in [6.45, 7) is 1.08. The lowest BCUT2D eigenvalue weighted by Gasteiger charge is -2.17. The van der Waals surface area contributed by atoms with E-state index in [1.807, 2.05) is 30.3 Å². The van der Waals surface area contributed by atoms with Crippen molar-refractivity contribution in [3.8, 4) is 0 Å². The van der Waals surface area contributed by atoms with Crippen LogP contribution in [0, 0.1) is 0 Å². The van der Waals surface area contributed by atoms with Crippen molar-refractivity contribution in [2.24, 2.45) is 0 Å². The Hall–Kier alpha value is -0.950. The third-order valence-electron chi connectivity index (χ3n) is 2.70. The number of methoxy groups -OCH3 is 1. The first-order chi connectivity index (χ1) is 9.01. The monoisotopic (exact) mass is 287 g/mol. The Bertz CT molecular complexity index is 447. The van der Waals surface area contributed by atoms with Crippen molar-refractivity contribution < 1.29 is 17.7 Å². The van der Waals surface area contributed by atoms with Gasteiger partial charge in [-0.25, -0.2) is 0 Å². The van der Waals surface area contributed by atoms with Crippen LogP contribution in [-0.2, 0) is 21.3 Å². The Morgan fingerprint density at radius 3 is 2.58 bits per heavy atom. The van der Waals surface area contributed by atoms with Crippen molar-refractivity contribution in [3.63, 3.8) is 0 Å². The second kappa shape index (κ2) is 8.27. The quantitative estimate of drug-likeness (QED) is 0.526. The Morgan fingerprint density at radius 2 is 2.00 bits per heavy atom. The summed E-state index contributed by atoms with van der Waals surface area (Å²) in [4.78, 5) is 0. The molecule has 6 heteroatoms. The number of nitrogens with one attached hydrogen (secondary N) is 1. The van der Waals surface area contributed by atoms with Crippen LogP contribution < -0.4 is 5.32 Å². The molecule has 0 bridgehead atoms. The second-order valence-electron chi connectivity index (χ2n) is 4.44. The number of rotatable bonds is 9. The Balaban J connectivity index is 2.36. The van der Waals surface area contributed by atoms with Crippen molar-refractivity contribution >= 4 is 10.1 Å². The molecule has 5 nitrogen and oxygen atoms in total. The average molecular weight is 287 g/mol. The van der Waals surface area contributed by atoms with E-state index in [9.17, 15) is 8.42 Å². The molecule has 0 aliphatic heterocycles. The predicted molar refractivity (Wildman–Crippen MR) is 74.8 cm³/mol. The molecule has 0 spiro atoms. The summed E-state index contributed by atoms with van der Waals surface area (Å²) in [6.07, 6.45) is 1.20. The molecule has 2 N–H and O–H groups in total. The van der Waals surface area contributed by atoms with Crippen LogP contribution in [0.2, 0.25) is 0 Å². The number of benzene rings is 1. The third-order valence-corrected chi connectivity index (χ3v) is 3.51. The highest BCUT2D eigenvalue weighted by atomic mass is 32.2. The minimum atomic E-state index is -3.86. The van der Waals surface area contributed by atoms with Crippen molar-refractivity contribution in [2.75, 3.05) is 26.0 Å². The highest BCUT2D eigenvalue weighted by molar-refractivity contribution is 7.85. The van der Waals surface area contributed by atoms with Crippen molar-refractivity contribution in [1.29, 1.82) is 0 Å². The maximum absolute atomic E-state index is 10.6. The van der Waals surface area contributed by atoms with Crippen LogP contribution in [0.1, 0.15) is 12.0 Å². The van der Waals surface area contributed by atoms with E-state index in [0.29, 0.717) is 19.6 Å². The molecule has 1 unspecified atom stereocenters. The lowest BCUT2D eigenvalue weighted by molar-refractivity contribution is 0.166. The summed E-state index contributed by atoms with van der Waals surface area (Å²) < 4.78 is 35.0. The first kappa shape index (κ1) is 16.1. The molecule has 0 saturated heterocycles. The molecule has 0 amide bonds. The maximum Gasteiger partial charge on any atom is 0.264 e. The molecule has 0 aliphatic rings. The summed E-state index contributed by atoms with van der Waals surface area (Å²) >= 11 is 0. The molecule has 108 valence electrons. The van der Waals surface area contributed by atoms with Crippen molar-refractivity contribution in [1.82, 2.24) is 5.32 Å². The molecular formula is C13H21NO4S. The van der Waals surface area contributed by atoms with Gasteiger partial charge in [0.25, 0.3) is 10.1 Å². The van der Waals surface area contributed by atoms with Gasteiger partial charge in [-0.3, -0.25) is 4.55 Å². The largest absolute Gasteiger partial charge is 0.383 e. The average Bonchev–Trinajstić information content (AvgIpc) is 2.35. The van der Waals surface area contributed by atoms with Crippen molar-refractivity contribution in [3.05, 3.63) is 35.9 Å². The van der Waals surface area contributed by atoms with Crippen LogP contribution in [0.15, 0.2) is 30.3 Å². The van der Waals surface area contributed by atoms with E-state index in [2.05, 4.69) is 5.32 Å². The topological polar surface area (TPSA) is 75.6 Å². The van der Waals surface area contributed by atoms with Crippen LogP contribution in [0.4, 0.5) is 0 Å². The minimum absolute atomic E-state index is 0.133. The van der Waals surface area contributed by atoms with Crippen LogP contribution in [0.25, 0.3) is 0 Å². The second-order valence-corrected chi connectivity index (χ2v) is 6.01. The number of ether oxygens (including phenoxy) is 1. The van der Waals surface area contributed by atoms with E-state index < -0.39 is 10.1 Å². The first-order valence-electron chi connectivity index (χ1n) is 6.22. The zero-order chi connectivity index (χ0) is 14.1. The van der Waals surface area contributed by atoms with E-state index >= 15 is 0 Å². The highest BCUT2D eigenvalue weighted by Gasteiger charge is 2.10. The fourth-order valence-electron chi connectivity index (χ4n) is 1.85. The SMILES string of the molecule is COCC(Cc1ccccc1)NCCCS(=O)(=O)O. The van der Waals surface area contributed by atoms with Gasteiger partial charge in [-0.1, -0.05) is 30.3 Å². The van der Waals surface area contributed by atoms with E-state index in [0.717, 1.165) is 6.42 Å². The molecule has 0 aromatic heterocycles. The molecule has 1 rings (SSSR count). The zero-order valence-electron chi connectivity index (χ0n) is 11.1. The Kier molecular flexibility index (Phi) is 7.01. The lowest BCUT2D eigenvalue weighted by Crippen LogP contribution is -2.36. The summed E-state index contributed by atoms with van der Waals surface area (Å²) in [6, 6.07) is 10.2. The van der Waals surface area contributed by atoms with Gasteiger partial charge in [-0.15, -0.1) is 0 Å². The van der Waals surface area contributed by atoms with Crippen molar-refractivity contribution in [2.45, 2.75) is 18.9 Å². The summed E-state index contributed by atoms with van der Waals surface area (Å²) in [5, 5.41) is 3.24. The van der Waals surface area contributed by atoms with Crippen LogP contribution in [0.3, 0.4) is 0 Å². The summed E-state index contributed by atoms with van der Waals surface area (Å²) in [5.41, 5.74) is 1.20. The molecule has 1 atom stereocenters. The van der Waals surface area contributed by atoms with E-state index in [1.165, 1.54) is 5.56 Å². The number of hydrogen-bond donors (Lipinski definition) is 2. The van der Waals surface area contributed by atoms with E-state index in [-0.39, 0.29) is 11.8 Å². The Morgan fingerprint density at radius 1 is 1.32 bits per heavy atom. The molecule has 0 radical (unpaired) electrons. The standard InChI is InChI=1S/C13H21NO4S/c1-18-11-13(10-12-6-3-2-4-7-12)14-8-5-9-19(15,16)17/h2-4,6-7,13-14H,5,8-11H2,1H3,(H,15,16,17). The normalized spacial score (nSPS) is 13.4. The number of hydrogen-bond acceptors (Lipinski definition) is 4. The van der Waals surface area contributed by atoms with Crippen LogP contribution in [-0.4, -0.2) is 45.0 Å². The van der Waals surface area contributed by atoms with Gasteiger partial charge >= 0.3 is 0 Å². The van der Waals surface area contributed by atoms with Gasteiger partial charge < -0.3 is 10.1 Å². The van der Waals surface area contributed by atoms with Gasteiger partial charge in [0.1, 0.15) is 0 Å². The summed E-state index contributed by atoms with van der Waals surface area (Å²) in [5.74, 6) is -0.217. The Labute approximate surface area is 114 Å². The van der Waals surface area contributed by atoms with E-state index in [4.69, 9.17) is 9.29 Å². The third kappa shape index (κ3) is 7.94. The summed E-state index contributed by atoms with van der Waals surface area (Å²) in [7, 11) is -2.23. The lowest BCUT2D eigenvalue weighted by atomic mass is 10.1. The highest BCUT2D eigenvalue weighted by Crippen LogP contribution is 2.03. The molecule has 0 aliphatic carbocycles. The van der Waals surface area contributed by atoms with Crippen LogP contribution in [0.5, 0.6) is 0 Å². The fourth-order valence-corrected chi connectivity index (χ4v) is 2.36. The molecule has 19 heavy (non-hydrogen) atoms. The molecule has 1 aromatic carbocycles. The molecular weight excluding hydrogens is 266 g/mol. The van der Waals surface area contributed by atoms with Gasteiger partial charge in [-0.2, -0.15) is 8.42 Å². The first-order valence-corrected chi connectivity index (χ1v) is 7.83. The van der Waals surface area contributed by atoms with Gasteiger partial charge in [0.15, 0.2) is 0 Å². The smallest absolute Gasteiger partial charge is 0.264 e. The van der Waals surface area contributed by atoms with Crippen LogP contribution >= 0.6 is 0 Å². The fraction of sp³-hybridized carbons (Fsp3) is 0.538. The maximum atomic E-state index is 10.6. The van der Waals surface area contributed by atoms with E-state index in [1.54, 1.807) is 7.11 Å². The molecule has 0 heterocycles. The van der Waals surface area contributed by atoms with Gasteiger partial charge in [0, 0.05) is 13.2 Å². The molecule has 0 saturated carbocycles. The van der Waals surface area contributed by atoms with Gasteiger partial charge in [0.05, 0.1) is 12.4 Å². The molecule has 0 fully saturated rings.